The molecule has 0 radical (unpaired) electrons. The first-order valence-electron chi connectivity index (χ1n) is 12.4. The van der Waals surface area contributed by atoms with E-state index in [1.807, 2.05) is 19.9 Å². The monoisotopic (exact) mass is 483 g/mol. The van der Waals surface area contributed by atoms with Gasteiger partial charge in [-0.2, -0.15) is 4.39 Å². The summed E-state index contributed by atoms with van der Waals surface area (Å²) in [6.45, 7) is 5.84. The molecule has 0 aromatic carbocycles. The Balaban J connectivity index is 1.54. The zero-order valence-electron chi connectivity index (χ0n) is 20.4. The fourth-order valence-electron chi connectivity index (χ4n) is 8.30. The van der Waals surface area contributed by atoms with Crippen LogP contribution in [0.25, 0.3) is 0 Å². The molecule has 0 bridgehead atoms. The lowest BCUT2D eigenvalue weighted by molar-refractivity contribution is -0.199. The number of aliphatic carboxylic acids is 1. The highest BCUT2D eigenvalue weighted by molar-refractivity contribution is 6.11. The van der Waals surface area contributed by atoms with Gasteiger partial charge in [0.1, 0.15) is 0 Å². The van der Waals surface area contributed by atoms with E-state index in [0.29, 0.717) is 18.5 Å². The highest BCUT2D eigenvalue weighted by Gasteiger charge is 2.71. The average Bonchev–Trinajstić information content (AvgIpc) is 3.01. The Morgan fingerprint density at radius 3 is 2.71 bits per heavy atom. The number of carboxylic acids is 1. The van der Waals surface area contributed by atoms with Gasteiger partial charge in [0.05, 0.1) is 23.7 Å². The summed E-state index contributed by atoms with van der Waals surface area (Å²) in [6.07, 6.45) is 7.34. The van der Waals surface area contributed by atoms with Gasteiger partial charge < -0.3 is 21.1 Å². The lowest BCUT2D eigenvalue weighted by Gasteiger charge is -2.60. The zero-order valence-corrected chi connectivity index (χ0v) is 20.4. The number of hydrogen-bond donors (Lipinski definition) is 4. The van der Waals surface area contributed by atoms with Crippen molar-refractivity contribution in [3.8, 4) is 0 Å². The Bertz CT molecular complexity index is 1150. The van der Waals surface area contributed by atoms with Crippen molar-refractivity contribution in [3.63, 3.8) is 0 Å². The maximum atomic E-state index is 13.2. The maximum absolute atomic E-state index is 13.2. The molecule has 1 aromatic rings. The van der Waals surface area contributed by atoms with E-state index < -0.39 is 29.0 Å². The first kappa shape index (κ1) is 24.1. The summed E-state index contributed by atoms with van der Waals surface area (Å²) in [5, 5.41) is 32.9. The number of allylic oxidation sites excluding steroid dienone is 3. The first-order chi connectivity index (χ1) is 16.5. The molecular weight excluding hydrogens is 449 g/mol. The SMILES string of the molecule is C[C@@H]1CC2[C@@H]3CCC4=CC(=Nc5ccc(F)nc5)C(=CN)C[C@]4(C)C3C(O)C[C@]2(C)[C@@]1(O)C(=O)O. The van der Waals surface area contributed by atoms with Gasteiger partial charge >= 0.3 is 5.97 Å². The normalized spacial score (nSPS) is 45.0. The van der Waals surface area contributed by atoms with Crippen molar-refractivity contribution in [3.05, 3.63) is 47.7 Å². The quantitative estimate of drug-likeness (QED) is 0.474. The van der Waals surface area contributed by atoms with Gasteiger partial charge in [0.2, 0.25) is 5.95 Å². The molecule has 0 spiro atoms. The minimum absolute atomic E-state index is 0.0102. The van der Waals surface area contributed by atoms with Crippen LogP contribution in [0, 0.1) is 40.4 Å². The third-order valence-electron chi connectivity index (χ3n) is 9.94. The molecule has 5 N–H and O–H groups in total. The lowest BCUT2D eigenvalue weighted by atomic mass is 9.45. The van der Waals surface area contributed by atoms with Gasteiger partial charge in [0.15, 0.2) is 5.60 Å². The van der Waals surface area contributed by atoms with Crippen molar-refractivity contribution >= 4 is 17.4 Å². The summed E-state index contributed by atoms with van der Waals surface area (Å²) in [5.74, 6) is -2.11. The van der Waals surface area contributed by atoms with E-state index in [-0.39, 0.29) is 35.5 Å². The fourth-order valence-corrected chi connectivity index (χ4v) is 8.30. The third-order valence-corrected chi connectivity index (χ3v) is 9.94. The number of rotatable bonds is 2. The number of halogens is 1. The van der Waals surface area contributed by atoms with E-state index in [1.165, 1.54) is 17.8 Å². The summed E-state index contributed by atoms with van der Waals surface area (Å²) in [6, 6.07) is 2.84. The van der Waals surface area contributed by atoms with Crippen LogP contribution in [0.4, 0.5) is 10.1 Å². The molecule has 4 aliphatic carbocycles. The molecule has 4 aliphatic rings. The molecule has 3 unspecified atom stereocenters. The minimum Gasteiger partial charge on any atom is -0.479 e. The molecule has 8 heteroatoms. The number of aromatic nitrogens is 1. The van der Waals surface area contributed by atoms with Crippen LogP contribution in [0.3, 0.4) is 0 Å². The molecule has 0 aliphatic heterocycles. The van der Waals surface area contributed by atoms with Gasteiger partial charge in [-0.3, -0.25) is 0 Å². The van der Waals surface area contributed by atoms with Crippen LogP contribution < -0.4 is 5.73 Å². The maximum Gasteiger partial charge on any atom is 0.336 e. The standard InChI is InChI=1S/C27H34FN3O4/c1-14-8-19-18-6-4-16-9-20(31-17-5-7-22(28)30-13-17)15(12-29)10-25(16,2)23(18)21(32)11-26(19,3)27(14,35)24(33)34/h5,7,9,12-14,18-19,21,23,32,35H,4,6,8,10-11,29H2,1-3H3,(H,33,34)/t14-,18+,19?,21?,23?,25+,26+,27+/m1/s1. The minimum atomic E-state index is -1.85. The molecule has 8 atom stereocenters. The number of carboxylic acid groups (broad SMARTS) is 1. The van der Waals surface area contributed by atoms with E-state index in [4.69, 9.17) is 5.73 Å². The second kappa shape index (κ2) is 7.96. The number of pyridine rings is 1. The van der Waals surface area contributed by atoms with E-state index in [0.717, 1.165) is 24.1 Å². The molecule has 3 saturated carbocycles. The Labute approximate surface area is 204 Å². The van der Waals surface area contributed by atoms with E-state index in [1.54, 1.807) is 12.3 Å². The molecule has 0 amide bonds. The van der Waals surface area contributed by atoms with Crippen LogP contribution >= 0.6 is 0 Å². The van der Waals surface area contributed by atoms with Crippen LogP contribution in [0.2, 0.25) is 0 Å². The lowest BCUT2D eigenvalue weighted by Crippen LogP contribution is -2.62. The Kier molecular flexibility index (Phi) is 5.49. The smallest absolute Gasteiger partial charge is 0.336 e. The predicted molar refractivity (Wildman–Crippen MR) is 129 cm³/mol. The average molecular weight is 484 g/mol. The van der Waals surface area contributed by atoms with Crippen LogP contribution in [-0.2, 0) is 4.79 Å². The number of nitrogens with zero attached hydrogens (tertiary/aromatic N) is 2. The largest absolute Gasteiger partial charge is 0.479 e. The van der Waals surface area contributed by atoms with Crippen molar-refractivity contribution in [1.29, 1.82) is 0 Å². The summed E-state index contributed by atoms with van der Waals surface area (Å²) in [7, 11) is 0. The van der Waals surface area contributed by atoms with Crippen molar-refractivity contribution < 1.29 is 24.5 Å². The second-order valence-electron chi connectivity index (χ2n) is 11.5. The van der Waals surface area contributed by atoms with Gasteiger partial charge in [0, 0.05) is 5.41 Å². The van der Waals surface area contributed by atoms with Gasteiger partial charge in [-0.25, -0.2) is 14.8 Å². The molecule has 0 saturated heterocycles. The van der Waals surface area contributed by atoms with Crippen LogP contribution in [0.15, 0.2) is 46.7 Å². The molecule has 3 fully saturated rings. The number of fused-ring (bicyclic) bond motifs is 5. The Morgan fingerprint density at radius 2 is 2.09 bits per heavy atom. The molecule has 5 rings (SSSR count). The van der Waals surface area contributed by atoms with Crippen molar-refractivity contribution in [2.24, 2.45) is 45.2 Å². The molecule has 7 nitrogen and oxygen atoms in total. The van der Waals surface area contributed by atoms with Gasteiger partial charge in [-0.15, -0.1) is 0 Å². The Hall–Kier alpha value is -2.58. The van der Waals surface area contributed by atoms with Crippen LogP contribution in [-0.4, -0.2) is 43.7 Å². The highest BCUT2D eigenvalue weighted by atomic mass is 19.1. The summed E-state index contributed by atoms with van der Waals surface area (Å²) >= 11 is 0. The third kappa shape index (κ3) is 3.25. The van der Waals surface area contributed by atoms with Gasteiger partial charge in [-0.05, 0) is 91.2 Å². The molecular formula is C27H34FN3O4. The molecule has 1 aromatic heterocycles. The topological polar surface area (TPSA) is 129 Å². The van der Waals surface area contributed by atoms with Crippen molar-refractivity contribution in [2.75, 3.05) is 0 Å². The van der Waals surface area contributed by atoms with Gasteiger partial charge in [-0.1, -0.05) is 26.3 Å². The molecule has 188 valence electrons. The predicted octanol–water partition coefficient (Wildman–Crippen LogP) is 3.74. The molecule has 1 heterocycles. The number of nitrogens with two attached hydrogens (primary N) is 1. The Morgan fingerprint density at radius 1 is 1.34 bits per heavy atom. The second-order valence-corrected chi connectivity index (χ2v) is 11.5. The number of hydrogen-bond acceptors (Lipinski definition) is 6. The van der Waals surface area contributed by atoms with Crippen LogP contribution in [0.5, 0.6) is 0 Å². The van der Waals surface area contributed by atoms with E-state index >= 15 is 0 Å². The fraction of sp³-hybridized carbons (Fsp3) is 0.593. The van der Waals surface area contributed by atoms with Gasteiger partial charge in [0.25, 0.3) is 0 Å². The van der Waals surface area contributed by atoms with E-state index in [9.17, 15) is 24.5 Å². The summed E-state index contributed by atoms with van der Waals surface area (Å²) in [5.41, 5.74) is 6.25. The first-order valence-corrected chi connectivity index (χ1v) is 12.4. The highest BCUT2D eigenvalue weighted by Crippen LogP contribution is 2.68. The molecule has 35 heavy (non-hydrogen) atoms. The zero-order chi connectivity index (χ0) is 25.3. The summed E-state index contributed by atoms with van der Waals surface area (Å²) in [4.78, 5) is 20.6. The van der Waals surface area contributed by atoms with Crippen LogP contribution in [0.1, 0.15) is 52.9 Å². The van der Waals surface area contributed by atoms with E-state index in [2.05, 4.69) is 16.9 Å². The van der Waals surface area contributed by atoms with Crippen molar-refractivity contribution in [2.45, 2.75) is 64.6 Å². The number of aliphatic hydroxyl groups excluding tert-OH is 1. The number of aliphatic hydroxyl groups is 2. The number of aliphatic imine (C=N–C) groups is 1. The summed E-state index contributed by atoms with van der Waals surface area (Å²) < 4.78 is 13.2. The van der Waals surface area contributed by atoms with Crippen molar-refractivity contribution in [1.82, 2.24) is 4.98 Å². The number of carbonyl (C=O) groups is 1.